The first-order chi connectivity index (χ1) is 15.9. The SMILES string of the molecule is [2H]C([2H])([2H])c1cc(-c2cccc3c2oc2nc(C)cc(C([2H])(C)C)c23)ncc1C([2H])(C)C([2H])([2H])[2H]. The van der Waals surface area contributed by atoms with Crippen molar-refractivity contribution < 1.29 is 15.4 Å². The molecule has 0 bridgehead atoms. The van der Waals surface area contributed by atoms with Gasteiger partial charge in [0.05, 0.1) is 11.1 Å². The van der Waals surface area contributed by atoms with Crippen LogP contribution < -0.4 is 0 Å². The van der Waals surface area contributed by atoms with E-state index in [2.05, 4.69) is 9.97 Å². The van der Waals surface area contributed by atoms with Gasteiger partial charge >= 0.3 is 0 Å². The second-order valence-electron chi connectivity index (χ2n) is 7.02. The van der Waals surface area contributed by atoms with E-state index >= 15 is 0 Å². The Morgan fingerprint density at radius 2 is 1.96 bits per heavy atom. The molecule has 4 aromatic rings. The van der Waals surface area contributed by atoms with Gasteiger partial charge in [0.1, 0.15) is 5.58 Å². The lowest BCUT2D eigenvalue weighted by molar-refractivity contribution is 0.652. The summed E-state index contributed by atoms with van der Waals surface area (Å²) in [4.78, 5) is 8.88. The van der Waals surface area contributed by atoms with Crippen molar-refractivity contribution in [3.05, 3.63) is 58.9 Å². The van der Waals surface area contributed by atoms with Crippen LogP contribution in [0.2, 0.25) is 0 Å². The molecule has 4 rings (SSSR count). The molecular weight excluding hydrogens is 332 g/mol. The predicted molar refractivity (Wildman–Crippen MR) is 112 cm³/mol. The molecule has 1 atom stereocenters. The summed E-state index contributed by atoms with van der Waals surface area (Å²) in [6, 6.07) is 8.55. The van der Waals surface area contributed by atoms with Crippen LogP contribution in [-0.2, 0) is 0 Å². The summed E-state index contributed by atoms with van der Waals surface area (Å²) < 4.78 is 70.4. The van der Waals surface area contributed by atoms with Crippen LogP contribution in [0.4, 0.5) is 0 Å². The summed E-state index contributed by atoms with van der Waals surface area (Å²) in [6.45, 7) is 1.16. The molecule has 0 fully saturated rings. The zero-order chi connectivity index (χ0) is 26.1. The van der Waals surface area contributed by atoms with Crippen LogP contribution in [-0.4, -0.2) is 9.97 Å². The number of pyridine rings is 2. The Kier molecular flexibility index (Phi) is 2.55. The van der Waals surface area contributed by atoms with E-state index in [1.165, 1.54) is 19.2 Å². The number of nitrogens with zero attached hydrogens (tertiary/aromatic N) is 2. The van der Waals surface area contributed by atoms with E-state index in [1.54, 1.807) is 26.0 Å². The van der Waals surface area contributed by atoms with E-state index in [-0.39, 0.29) is 16.8 Å². The number of fused-ring (bicyclic) bond motifs is 3. The van der Waals surface area contributed by atoms with Crippen LogP contribution in [0, 0.1) is 13.8 Å². The predicted octanol–water partition coefficient (Wildman–Crippen LogP) is 6.91. The Bertz CT molecular complexity index is 1440. The quantitative estimate of drug-likeness (QED) is 0.395. The summed E-state index contributed by atoms with van der Waals surface area (Å²) in [5, 5.41) is 1.43. The average Bonchev–Trinajstić information content (AvgIpc) is 3.08. The van der Waals surface area contributed by atoms with Gasteiger partial charge in [-0.25, -0.2) is 4.98 Å². The third-order valence-corrected chi connectivity index (χ3v) is 4.72. The third kappa shape index (κ3) is 2.91. The van der Waals surface area contributed by atoms with Gasteiger partial charge in [0.2, 0.25) is 5.71 Å². The highest BCUT2D eigenvalue weighted by Crippen LogP contribution is 2.38. The highest BCUT2D eigenvalue weighted by atomic mass is 16.3. The standard InChI is InChI=1S/C24H26N2O/c1-13(2)19-11-16(6)26-24-22(19)18-9-7-8-17(23(18)27-24)21-10-15(5)20(12-25-21)14(3)4/h7-14H,1-6H3/i3D3,5D3,13D,14D. The molecule has 1 aromatic carbocycles. The molecule has 0 aliphatic heterocycles. The average molecular weight is 367 g/mol. The van der Waals surface area contributed by atoms with Gasteiger partial charge in [-0.1, -0.05) is 39.8 Å². The Labute approximate surface area is 171 Å². The fourth-order valence-electron chi connectivity index (χ4n) is 3.42. The molecular formula is C24H26N2O. The van der Waals surface area contributed by atoms with Crippen LogP contribution >= 0.6 is 0 Å². The number of aryl methyl sites for hydroxylation is 2. The monoisotopic (exact) mass is 366 g/mol. The molecule has 0 N–H and O–H groups in total. The van der Waals surface area contributed by atoms with Crippen molar-refractivity contribution in [2.45, 2.75) is 53.2 Å². The smallest absolute Gasteiger partial charge is 0.227 e. The Balaban J connectivity index is 2.03. The molecule has 0 aliphatic carbocycles. The lowest BCUT2D eigenvalue weighted by Gasteiger charge is -2.11. The Hall–Kier alpha value is -2.68. The maximum atomic E-state index is 8.60. The van der Waals surface area contributed by atoms with Crippen molar-refractivity contribution >= 4 is 22.1 Å². The molecule has 0 saturated carbocycles. The minimum absolute atomic E-state index is 0.173. The molecule has 3 heteroatoms. The zero-order valence-corrected chi connectivity index (χ0v) is 15.8. The van der Waals surface area contributed by atoms with E-state index in [1.807, 2.05) is 19.1 Å². The summed E-state index contributed by atoms with van der Waals surface area (Å²) in [6.07, 6.45) is 1.17. The normalized spacial score (nSPS) is 19.9. The fourth-order valence-corrected chi connectivity index (χ4v) is 3.42. The second kappa shape index (κ2) is 6.49. The highest BCUT2D eigenvalue weighted by molar-refractivity contribution is 6.09. The topological polar surface area (TPSA) is 38.9 Å². The second-order valence-corrected chi connectivity index (χ2v) is 7.02. The number of rotatable bonds is 3. The number of furan rings is 1. The summed E-state index contributed by atoms with van der Waals surface area (Å²) in [5.41, 5.74) is 2.63. The molecule has 27 heavy (non-hydrogen) atoms. The third-order valence-electron chi connectivity index (χ3n) is 4.72. The van der Waals surface area contributed by atoms with Crippen LogP contribution in [0.15, 0.2) is 40.9 Å². The van der Waals surface area contributed by atoms with Gasteiger partial charge in [-0.15, -0.1) is 0 Å². The van der Waals surface area contributed by atoms with Crippen LogP contribution in [0.1, 0.15) is 72.8 Å². The molecule has 0 radical (unpaired) electrons. The Morgan fingerprint density at radius 1 is 1.11 bits per heavy atom. The van der Waals surface area contributed by atoms with Crippen molar-refractivity contribution in [2.24, 2.45) is 0 Å². The lowest BCUT2D eigenvalue weighted by Crippen LogP contribution is -1.95. The van der Waals surface area contributed by atoms with Gasteiger partial charge in [-0.3, -0.25) is 4.98 Å². The van der Waals surface area contributed by atoms with Crippen molar-refractivity contribution in [1.29, 1.82) is 0 Å². The van der Waals surface area contributed by atoms with E-state index in [0.717, 1.165) is 10.9 Å². The molecule has 138 valence electrons. The van der Waals surface area contributed by atoms with Crippen molar-refractivity contribution in [1.82, 2.24) is 9.97 Å². The highest BCUT2D eigenvalue weighted by Gasteiger charge is 2.19. The van der Waals surface area contributed by atoms with Crippen LogP contribution in [0.5, 0.6) is 0 Å². The van der Waals surface area contributed by atoms with Gasteiger partial charge in [0.25, 0.3) is 0 Å². The van der Waals surface area contributed by atoms with E-state index in [9.17, 15) is 0 Å². The number of para-hydroxylation sites is 1. The minimum atomic E-state index is -2.75. The largest absolute Gasteiger partial charge is 0.437 e. The van der Waals surface area contributed by atoms with Crippen LogP contribution in [0.3, 0.4) is 0 Å². The molecule has 0 aliphatic rings. The summed E-state index contributed by atoms with van der Waals surface area (Å²) >= 11 is 0. The molecule has 3 aromatic heterocycles. The van der Waals surface area contributed by atoms with E-state index in [0.29, 0.717) is 27.9 Å². The molecule has 3 heterocycles. The molecule has 3 nitrogen and oxygen atoms in total. The van der Waals surface area contributed by atoms with Gasteiger partial charge in [0, 0.05) is 33.8 Å². The minimum Gasteiger partial charge on any atom is -0.437 e. The van der Waals surface area contributed by atoms with Gasteiger partial charge < -0.3 is 4.42 Å². The summed E-state index contributed by atoms with van der Waals surface area (Å²) in [7, 11) is 0. The number of hydrogen-bond acceptors (Lipinski definition) is 3. The van der Waals surface area contributed by atoms with Gasteiger partial charge in [-0.2, -0.15) is 0 Å². The lowest BCUT2D eigenvalue weighted by atomic mass is 9.96. The number of aromatic nitrogens is 2. The molecule has 1 unspecified atom stereocenters. The maximum absolute atomic E-state index is 8.60. The van der Waals surface area contributed by atoms with Crippen LogP contribution in [0.25, 0.3) is 33.3 Å². The van der Waals surface area contributed by atoms with E-state index < -0.39 is 25.5 Å². The van der Waals surface area contributed by atoms with Crippen molar-refractivity contribution in [3.8, 4) is 11.3 Å². The van der Waals surface area contributed by atoms with Gasteiger partial charge in [0.15, 0.2) is 0 Å². The first-order valence-corrected chi connectivity index (χ1v) is 8.77. The first-order valence-electron chi connectivity index (χ1n) is 12.8. The molecule has 0 spiro atoms. The van der Waals surface area contributed by atoms with E-state index in [4.69, 9.17) is 15.4 Å². The maximum Gasteiger partial charge on any atom is 0.227 e. The Morgan fingerprint density at radius 3 is 2.70 bits per heavy atom. The van der Waals surface area contributed by atoms with Crippen molar-refractivity contribution in [2.75, 3.05) is 0 Å². The summed E-state index contributed by atoms with van der Waals surface area (Å²) in [5.74, 6) is -3.08. The molecule has 0 saturated heterocycles. The zero-order valence-electron chi connectivity index (χ0n) is 23.8. The van der Waals surface area contributed by atoms with Gasteiger partial charge in [-0.05, 0) is 60.5 Å². The molecule has 0 amide bonds. The number of hydrogen-bond donors (Lipinski definition) is 0. The van der Waals surface area contributed by atoms with Crippen molar-refractivity contribution in [3.63, 3.8) is 0 Å². The first kappa shape index (κ1) is 10.6. The fraction of sp³-hybridized carbons (Fsp3) is 0.333. The number of benzene rings is 1.